The molecule has 0 spiro atoms. The number of rotatable bonds is 6. The van der Waals surface area contributed by atoms with Crippen LogP contribution in [0.2, 0.25) is 0 Å². The summed E-state index contributed by atoms with van der Waals surface area (Å²) in [5.41, 5.74) is -0.839. The van der Waals surface area contributed by atoms with Crippen LogP contribution in [-0.4, -0.2) is 32.3 Å². The van der Waals surface area contributed by atoms with Gasteiger partial charge in [0.1, 0.15) is 11.6 Å². The van der Waals surface area contributed by atoms with Crippen LogP contribution in [0.5, 0.6) is 0 Å². The molecule has 190 valence electrons. The molecule has 13 heteroatoms. The van der Waals surface area contributed by atoms with Crippen molar-refractivity contribution in [1.82, 2.24) is 0 Å². The molecule has 0 aromatic heterocycles. The smallest absolute Gasteiger partial charge is 0.338 e. The highest BCUT2D eigenvalue weighted by Crippen LogP contribution is 2.41. The fourth-order valence-corrected chi connectivity index (χ4v) is 5.80. The van der Waals surface area contributed by atoms with E-state index in [1.165, 1.54) is 36.4 Å². The summed E-state index contributed by atoms with van der Waals surface area (Å²) in [5.74, 6) is -4.31. The SMILES string of the molecule is COC(=O)c1ccc(C=C2Sc3ccc(S(=O)(=O)Cc4c(F)cccc4F)cc3NC2=O)c([N+](=O)[O-])c1. The number of ether oxygens (including phenoxy) is 1. The summed E-state index contributed by atoms with van der Waals surface area (Å²) in [4.78, 5) is 35.5. The van der Waals surface area contributed by atoms with Gasteiger partial charge in [-0.2, -0.15) is 0 Å². The number of benzene rings is 3. The van der Waals surface area contributed by atoms with Gasteiger partial charge < -0.3 is 10.1 Å². The minimum absolute atomic E-state index is 0.0357. The predicted octanol–water partition coefficient (Wildman–Crippen LogP) is 4.72. The Balaban J connectivity index is 1.64. The van der Waals surface area contributed by atoms with Gasteiger partial charge in [-0.15, -0.1) is 0 Å². The lowest BCUT2D eigenvalue weighted by Crippen LogP contribution is -2.18. The molecule has 1 N–H and O–H groups in total. The standard InChI is InChI=1S/C24H16F2N2O7S2/c1-35-24(30)14-6-5-13(20(9-14)28(31)32)10-22-23(29)27-19-11-15(7-8-21(19)36-22)37(33,34)12-16-17(25)3-2-4-18(16)26/h2-11H,12H2,1H3,(H,27,29). The molecule has 0 radical (unpaired) electrons. The highest BCUT2D eigenvalue weighted by Gasteiger charge is 2.27. The lowest BCUT2D eigenvalue weighted by molar-refractivity contribution is -0.385. The Morgan fingerprint density at radius 2 is 1.84 bits per heavy atom. The van der Waals surface area contributed by atoms with E-state index in [4.69, 9.17) is 0 Å². The molecule has 9 nitrogen and oxygen atoms in total. The Kier molecular flexibility index (Phi) is 7.09. The Labute approximate surface area is 213 Å². The zero-order valence-electron chi connectivity index (χ0n) is 18.9. The zero-order valence-corrected chi connectivity index (χ0v) is 20.5. The maximum atomic E-state index is 14.0. The number of amides is 1. The first-order valence-corrected chi connectivity index (χ1v) is 12.8. The van der Waals surface area contributed by atoms with Gasteiger partial charge in [-0.3, -0.25) is 14.9 Å². The number of methoxy groups -OCH3 is 1. The van der Waals surface area contributed by atoms with Crippen molar-refractivity contribution in [2.24, 2.45) is 0 Å². The quantitative estimate of drug-likeness (QED) is 0.203. The number of nitro benzene ring substituents is 1. The van der Waals surface area contributed by atoms with Crippen molar-refractivity contribution in [3.8, 4) is 0 Å². The number of fused-ring (bicyclic) bond motifs is 1. The third-order valence-electron chi connectivity index (χ3n) is 5.33. The molecule has 0 bridgehead atoms. The van der Waals surface area contributed by atoms with Crippen molar-refractivity contribution in [3.63, 3.8) is 0 Å². The van der Waals surface area contributed by atoms with Crippen LogP contribution in [0.15, 0.2) is 69.3 Å². The number of esters is 1. The summed E-state index contributed by atoms with van der Waals surface area (Å²) in [7, 11) is -3.03. The summed E-state index contributed by atoms with van der Waals surface area (Å²) in [6, 6.07) is 10.5. The number of nitro groups is 1. The largest absolute Gasteiger partial charge is 0.465 e. The maximum absolute atomic E-state index is 14.0. The van der Waals surface area contributed by atoms with Gasteiger partial charge in [0.15, 0.2) is 9.84 Å². The molecule has 3 aromatic rings. The van der Waals surface area contributed by atoms with Gasteiger partial charge in [0.25, 0.3) is 11.6 Å². The average Bonchev–Trinajstić information content (AvgIpc) is 2.86. The van der Waals surface area contributed by atoms with Crippen LogP contribution in [0, 0.1) is 21.7 Å². The van der Waals surface area contributed by atoms with Crippen LogP contribution in [0.3, 0.4) is 0 Å². The van der Waals surface area contributed by atoms with Crippen molar-refractivity contribution in [1.29, 1.82) is 0 Å². The van der Waals surface area contributed by atoms with E-state index in [-0.39, 0.29) is 26.6 Å². The third kappa shape index (κ3) is 5.37. The number of carbonyl (C=O) groups excluding carboxylic acids is 2. The lowest BCUT2D eigenvalue weighted by Gasteiger charge is -2.19. The van der Waals surface area contributed by atoms with E-state index in [2.05, 4.69) is 10.1 Å². The molecular weight excluding hydrogens is 530 g/mol. The van der Waals surface area contributed by atoms with Gasteiger partial charge in [-0.05, 0) is 48.5 Å². The van der Waals surface area contributed by atoms with Crippen LogP contribution < -0.4 is 5.32 Å². The molecular formula is C24H16F2N2O7S2. The number of sulfone groups is 1. The van der Waals surface area contributed by atoms with Crippen molar-refractivity contribution < 1.29 is 36.4 Å². The number of nitrogens with zero attached hydrogens (tertiary/aromatic N) is 1. The third-order valence-corrected chi connectivity index (χ3v) is 8.07. The fourth-order valence-electron chi connectivity index (χ4n) is 3.49. The number of hydrogen-bond donors (Lipinski definition) is 1. The topological polar surface area (TPSA) is 133 Å². The molecule has 0 aliphatic carbocycles. The average molecular weight is 547 g/mol. The van der Waals surface area contributed by atoms with Gasteiger partial charge in [-0.25, -0.2) is 22.0 Å². The normalized spacial score (nSPS) is 14.1. The van der Waals surface area contributed by atoms with Gasteiger partial charge in [-0.1, -0.05) is 17.8 Å². The van der Waals surface area contributed by atoms with Gasteiger partial charge in [0.2, 0.25) is 0 Å². The summed E-state index contributed by atoms with van der Waals surface area (Å²) in [6.07, 6.45) is 1.27. The van der Waals surface area contributed by atoms with E-state index in [0.29, 0.717) is 4.90 Å². The molecule has 0 saturated heterocycles. The number of hydrogen-bond acceptors (Lipinski definition) is 8. The second-order valence-corrected chi connectivity index (χ2v) is 10.8. The van der Waals surface area contributed by atoms with Crippen LogP contribution in [0.25, 0.3) is 6.08 Å². The number of thioether (sulfide) groups is 1. The molecule has 0 fully saturated rings. The number of nitrogens with one attached hydrogen (secondary N) is 1. The molecule has 3 aromatic carbocycles. The second kappa shape index (κ2) is 10.1. The lowest BCUT2D eigenvalue weighted by atomic mass is 10.1. The van der Waals surface area contributed by atoms with Crippen molar-refractivity contribution >= 4 is 50.9 Å². The monoisotopic (exact) mass is 546 g/mol. The number of anilines is 1. The van der Waals surface area contributed by atoms with E-state index in [9.17, 15) is 36.9 Å². The molecule has 1 aliphatic heterocycles. The Bertz CT molecular complexity index is 1580. The second-order valence-electron chi connectivity index (χ2n) is 7.70. The first kappa shape index (κ1) is 26.0. The van der Waals surface area contributed by atoms with Gasteiger partial charge in [0.05, 0.1) is 44.4 Å². The van der Waals surface area contributed by atoms with Gasteiger partial charge >= 0.3 is 5.97 Å². The fraction of sp³-hybridized carbons (Fsp3) is 0.0833. The Morgan fingerprint density at radius 1 is 1.14 bits per heavy atom. The minimum Gasteiger partial charge on any atom is -0.465 e. The molecule has 1 amide bonds. The van der Waals surface area contributed by atoms with Gasteiger partial charge in [0, 0.05) is 16.5 Å². The van der Waals surface area contributed by atoms with Crippen LogP contribution in [0.4, 0.5) is 20.2 Å². The predicted molar refractivity (Wildman–Crippen MR) is 131 cm³/mol. The summed E-state index contributed by atoms with van der Waals surface area (Å²) >= 11 is 0.944. The molecule has 0 atom stereocenters. The summed E-state index contributed by atoms with van der Waals surface area (Å²) < 4.78 is 58.1. The van der Waals surface area contributed by atoms with Crippen LogP contribution in [-0.2, 0) is 25.1 Å². The van der Waals surface area contributed by atoms with Crippen LogP contribution >= 0.6 is 11.8 Å². The highest BCUT2D eigenvalue weighted by molar-refractivity contribution is 8.04. The highest BCUT2D eigenvalue weighted by atomic mass is 32.2. The number of halogens is 2. The first-order chi connectivity index (χ1) is 17.5. The van der Waals surface area contributed by atoms with E-state index >= 15 is 0 Å². The van der Waals surface area contributed by atoms with E-state index < -0.39 is 55.3 Å². The van der Waals surface area contributed by atoms with E-state index in [1.807, 2.05) is 0 Å². The zero-order chi connectivity index (χ0) is 26.9. The minimum atomic E-state index is -4.17. The van der Waals surface area contributed by atoms with Crippen molar-refractivity contribution in [3.05, 3.63) is 97.9 Å². The summed E-state index contributed by atoms with van der Waals surface area (Å²) in [6.45, 7) is 0. The Hall–Kier alpha value is -4.10. The Morgan fingerprint density at radius 3 is 2.49 bits per heavy atom. The van der Waals surface area contributed by atoms with E-state index in [1.54, 1.807) is 0 Å². The first-order valence-electron chi connectivity index (χ1n) is 10.4. The molecule has 0 saturated carbocycles. The molecule has 4 rings (SSSR count). The maximum Gasteiger partial charge on any atom is 0.338 e. The molecule has 1 aliphatic rings. The molecule has 1 heterocycles. The van der Waals surface area contributed by atoms with Crippen molar-refractivity contribution in [2.75, 3.05) is 12.4 Å². The number of carbonyl (C=O) groups is 2. The molecule has 37 heavy (non-hydrogen) atoms. The van der Waals surface area contributed by atoms with Crippen molar-refractivity contribution in [2.45, 2.75) is 15.5 Å². The molecule has 0 unspecified atom stereocenters. The van der Waals surface area contributed by atoms with Crippen LogP contribution in [0.1, 0.15) is 21.5 Å². The van der Waals surface area contributed by atoms with E-state index in [0.717, 1.165) is 43.1 Å². The summed E-state index contributed by atoms with van der Waals surface area (Å²) in [5, 5.41) is 14.1.